The van der Waals surface area contributed by atoms with Gasteiger partial charge in [-0.15, -0.1) is 0 Å². The number of halogens is 1. The van der Waals surface area contributed by atoms with Crippen molar-refractivity contribution in [3.8, 4) is 11.5 Å². The number of hydrogen-bond acceptors (Lipinski definition) is 7. The van der Waals surface area contributed by atoms with Gasteiger partial charge in [-0.25, -0.2) is 4.99 Å². The average Bonchev–Trinajstić information content (AvgIpc) is 2.74. The summed E-state index contributed by atoms with van der Waals surface area (Å²) >= 11 is 6.47. The van der Waals surface area contributed by atoms with Gasteiger partial charge in [0, 0.05) is 23.4 Å². The number of nitrogens with one attached hydrogen (secondary N) is 1. The number of pyridine rings is 1. The Hall–Kier alpha value is -3.29. The van der Waals surface area contributed by atoms with E-state index in [1.165, 1.54) is 0 Å². The van der Waals surface area contributed by atoms with Crippen LogP contribution in [0.5, 0.6) is 11.5 Å². The molecule has 0 spiro atoms. The van der Waals surface area contributed by atoms with Gasteiger partial charge < -0.3 is 20.5 Å². The highest BCUT2D eigenvalue weighted by Gasteiger charge is 2.34. The number of nitrogens with zero attached hydrogens (tertiary/aromatic N) is 2. The van der Waals surface area contributed by atoms with E-state index in [-0.39, 0.29) is 0 Å². The second-order valence-corrected chi connectivity index (χ2v) is 6.97. The summed E-state index contributed by atoms with van der Waals surface area (Å²) in [6.07, 6.45) is 3.27. The molecule has 4 rings (SSSR count). The Morgan fingerprint density at radius 3 is 2.72 bits per heavy atom. The van der Waals surface area contributed by atoms with Crippen molar-refractivity contribution in [1.82, 2.24) is 4.98 Å². The van der Waals surface area contributed by atoms with Gasteiger partial charge in [0.25, 0.3) is 0 Å². The number of nitrogen functional groups attached to an aromatic ring is 1. The molecule has 5 N–H and O–H groups in total. The summed E-state index contributed by atoms with van der Waals surface area (Å²) in [6, 6.07) is 14.6. The molecule has 1 aromatic heterocycles. The second kappa shape index (κ2) is 7.62. The van der Waals surface area contributed by atoms with Crippen molar-refractivity contribution in [3.05, 3.63) is 76.6 Å². The van der Waals surface area contributed by atoms with Gasteiger partial charge in [-0.05, 0) is 30.3 Å². The van der Waals surface area contributed by atoms with Crippen molar-refractivity contribution in [2.75, 3.05) is 18.2 Å². The highest BCUT2D eigenvalue weighted by Crippen LogP contribution is 2.41. The quantitative estimate of drug-likeness (QED) is 0.556. The molecule has 8 heteroatoms. The summed E-state index contributed by atoms with van der Waals surface area (Å²) in [5.41, 5.74) is 15.1. The molecule has 1 atom stereocenters. The number of nitrogens with two attached hydrogens (primary N) is 2. The average molecular weight is 410 g/mol. The van der Waals surface area contributed by atoms with Crippen LogP contribution in [0, 0.1) is 0 Å². The molecule has 0 saturated heterocycles. The van der Waals surface area contributed by atoms with Crippen molar-refractivity contribution in [3.63, 3.8) is 0 Å². The van der Waals surface area contributed by atoms with Gasteiger partial charge in [0.05, 0.1) is 35.5 Å². The molecule has 29 heavy (non-hydrogen) atoms. The Bertz CT molecular complexity index is 1070. The third-order valence-corrected chi connectivity index (χ3v) is 5.04. The molecule has 0 aliphatic carbocycles. The lowest BCUT2D eigenvalue weighted by Gasteiger charge is -2.32. The van der Waals surface area contributed by atoms with Crippen molar-refractivity contribution >= 4 is 29.3 Å². The maximum absolute atomic E-state index is 6.69. The van der Waals surface area contributed by atoms with Crippen LogP contribution < -0.4 is 26.3 Å². The van der Waals surface area contributed by atoms with Crippen molar-refractivity contribution in [2.24, 2.45) is 10.7 Å². The number of hydrogen-bond donors (Lipinski definition) is 3. The topological polar surface area (TPSA) is 108 Å². The molecule has 0 radical (unpaired) electrons. The predicted octanol–water partition coefficient (Wildman–Crippen LogP) is 3.52. The first-order valence-corrected chi connectivity index (χ1v) is 9.29. The number of ether oxygens (including phenoxy) is 2. The molecule has 7 nitrogen and oxygen atoms in total. The monoisotopic (exact) mass is 409 g/mol. The number of aliphatic imine (C=N–C) groups is 1. The number of aromatic nitrogens is 1. The number of anilines is 2. The maximum Gasteiger partial charge on any atom is 0.163 e. The first-order valence-electron chi connectivity index (χ1n) is 8.91. The van der Waals surface area contributed by atoms with Crippen LogP contribution in [0.15, 0.2) is 59.7 Å². The van der Waals surface area contributed by atoms with Gasteiger partial charge in [-0.3, -0.25) is 10.7 Å². The van der Waals surface area contributed by atoms with E-state index >= 15 is 0 Å². The standard InChI is InChI=1S/C21H20ClN5O2/c1-28-20-10-18-15(9-17(20)23)21(24,27-12-26-18)13-5-6-19(16(22)8-13)29-11-14-4-2-3-7-25-14/h2-10,12H,11,23-24H2,1H3,(H,26,27). The van der Waals surface area contributed by atoms with Gasteiger partial charge in [0.15, 0.2) is 5.66 Å². The van der Waals surface area contributed by atoms with Gasteiger partial charge in [0.1, 0.15) is 18.1 Å². The van der Waals surface area contributed by atoms with E-state index in [0.29, 0.717) is 34.4 Å². The van der Waals surface area contributed by atoms with Crippen molar-refractivity contribution in [1.29, 1.82) is 0 Å². The predicted molar refractivity (Wildman–Crippen MR) is 115 cm³/mol. The molecule has 0 amide bonds. The van der Waals surface area contributed by atoms with Gasteiger partial charge in [0.2, 0.25) is 0 Å². The molecule has 1 unspecified atom stereocenters. The Balaban J connectivity index is 1.65. The van der Waals surface area contributed by atoms with Gasteiger partial charge >= 0.3 is 0 Å². The first-order chi connectivity index (χ1) is 14.0. The molecule has 2 heterocycles. The Morgan fingerprint density at radius 2 is 2.00 bits per heavy atom. The Morgan fingerprint density at radius 1 is 1.14 bits per heavy atom. The van der Waals surface area contributed by atoms with E-state index in [0.717, 1.165) is 16.9 Å². The van der Waals surface area contributed by atoms with E-state index in [1.807, 2.05) is 24.3 Å². The third-order valence-electron chi connectivity index (χ3n) is 4.74. The molecule has 0 saturated carbocycles. The van der Waals surface area contributed by atoms with E-state index in [4.69, 9.17) is 32.5 Å². The number of fused-ring (bicyclic) bond motifs is 1. The fourth-order valence-corrected chi connectivity index (χ4v) is 3.44. The van der Waals surface area contributed by atoms with Crippen LogP contribution >= 0.6 is 11.6 Å². The molecule has 0 fully saturated rings. The molecular formula is C21H20ClN5O2. The highest BCUT2D eigenvalue weighted by molar-refractivity contribution is 6.32. The summed E-state index contributed by atoms with van der Waals surface area (Å²) in [6.45, 7) is 0.314. The van der Waals surface area contributed by atoms with E-state index in [1.54, 1.807) is 43.9 Å². The molecule has 2 aromatic carbocycles. The lowest BCUT2D eigenvalue weighted by molar-refractivity contribution is 0.301. The SMILES string of the molecule is COc1cc2c(cc1N)C(N)(c1ccc(OCc3ccccn3)c(Cl)c1)N=CN2. The van der Waals surface area contributed by atoms with Crippen LogP contribution in [-0.2, 0) is 12.3 Å². The smallest absolute Gasteiger partial charge is 0.163 e. The van der Waals surface area contributed by atoms with Crippen molar-refractivity contribution < 1.29 is 9.47 Å². The largest absolute Gasteiger partial charge is 0.495 e. The van der Waals surface area contributed by atoms with Crippen LogP contribution in [0.4, 0.5) is 11.4 Å². The zero-order valence-corrected chi connectivity index (χ0v) is 16.5. The van der Waals surface area contributed by atoms with Gasteiger partial charge in [-0.1, -0.05) is 23.7 Å². The van der Waals surface area contributed by atoms with Crippen LogP contribution in [0.2, 0.25) is 5.02 Å². The number of benzene rings is 2. The van der Waals surface area contributed by atoms with Crippen LogP contribution in [0.1, 0.15) is 16.8 Å². The van der Waals surface area contributed by atoms with E-state index < -0.39 is 5.66 Å². The molecule has 1 aliphatic rings. The third kappa shape index (κ3) is 3.57. The lowest BCUT2D eigenvalue weighted by Crippen LogP contribution is -2.39. The number of methoxy groups -OCH3 is 1. The first kappa shape index (κ1) is 19.0. The van der Waals surface area contributed by atoms with Crippen LogP contribution in [-0.4, -0.2) is 18.4 Å². The molecule has 3 aromatic rings. The van der Waals surface area contributed by atoms with Crippen LogP contribution in [0.25, 0.3) is 0 Å². The summed E-state index contributed by atoms with van der Waals surface area (Å²) in [5, 5.41) is 3.51. The minimum atomic E-state index is -1.15. The molecular weight excluding hydrogens is 390 g/mol. The number of rotatable bonds is 5. The summed E-state index contributed by atoms with van der Waals surface area (Å²) in [5.74, 6) is 1.10. The minimum Gasteiger partial charge on any atom is -0.495 e. The normalized spacial score (nSPS) is 17.3. The molecule has 148 valence electrons. The molecule has 0 bridgehead atoms. The minimum absolute atomic E-state index is 0.314. The summed E-state index contributed by atoms with van der Waals surface area (Å²) in [4.78, 5) is 8.71. The zero-order chi connectivity index (χ0) is 20.4. The van der Waals surface area contributed by atoms with Crippen LogP contribution in [0.3, 0.4) is 0 Å². The second-order valence-electron chi connectivity index (χ2n) is 6.56. The summed E-state index contributed by atoms with van der Waals surface area (Å²) in [7, 11) is 1.56. The fraction of sp³-hybridized carbons (Fsp3) is 0.143. The van der Waals surface area contributed by atoms with E-state index in [2.05, 4.69) is 15.3 Å². The highest BCUT2D eigenvalue weighted by atomic mass is 35.5. The summed E-state index contributed by atoms with van der Waals surface area (Å²) < 4.78 is 11.1. The fourth-order valence-electron chi connectivity index (χ4n) is 3.20. The van der Waals surface area contributed by atoms with Gasteiger partial charge in [-0.2, -0.15) is 0 Å². The maximum atomic E-state index is 6.69. The zero-order valence-electron chi connectivity index (χ0n) is 15.7. The molecule has 1 aliphatic heterocycles. The lowest BCUT2D eigenvalue weighted by atomic mass is 9.89. The Kier molecular flexibility index (Phi) is 5.00. The van der Waals surface area contributed by atoms with E-state index in [9.17, 15) is 0 Å². The van der Waals surface area contributed by atoms with Crippen molar-refractivity contribution in [2.45, 2.75) is 12.3 Å². The Labute approximate surface area is 173 Å².